The number of carbonyl (C=O) groups is 1. The van der Waals surface area contributed by atoms with Gasteiger partial charge in [0.25, 0.3) is 21.5 Å². The lowest BCUT2D eigenvalue weighted by molar-refractivity contribution is 0.0698. The summed E-state index contributed by atoms with van der Waals surface area (Å²) in [6.45, 7) is 3.72. The van der Waals surface area contributed by atoms with Crippen molar-refractivity contribution in [2.75, 3.05) is 26.2 Å². The molecule has 0 spiro atoms. The number of amides is 1. The van der Waals surface area contributed by atoms with Crippen LogP contribution in [0.15, 0.2) is 39.3 Å². The van der Waals surface area contributed by atoms with Crippen molar-refractivity contribution >= 4 is 38.2 Å². The molecule has 4 heterocycles. The molecule has 162 valence electrons. The number of thiophene rings is 1. The van der Waals surface area contributed by atoms with Crippen LogP contribution in [0.4, 0.5) is 0 Å². The van der Waals surface area contributed by atoms with Crippen LogP contribution >= 0.6 is 11.3 Å². The summed E-state index contributed by atoms with van der Waals surface area (Å²) in [6.07, 6.45) is 1.67. The monoisotopic (exact) mass is 458 g/mol. The van der Waals surface area contributed by atoms with Gasteiger partial charge >= 0.3 is 0 Å². The number of hydrogen-bond acceptors (Lipinski definition) is 6. The van der Waals surface area contributed by atoms with Crippen LogP contribution in [0.25, 0.3) is 10.9 Å². The molecule has 8 nitrogen and oxygen atoms in total. The fourth-order valence-corrected chi connectivity index (χ4v) is 7.07. The van der Waals surface area contributed by atoms with Gasteiger partial charge in [0.1, 0.15) is 10.0 Å². The number of hydrogen-bond donors (Lipinski definition) is 0. The number of rotatable bonds is 3. The number of sulfonamides is 1. The van der Waals surface area contributed by atoms with Crippen LogP contribution in [-0.4, -0.2) is 59.3 Å². The van der Waals surface area contributed by atoms with Gasteiger partial charge in [0.05, 0.1) is 10.9 Å². The van der Waals surface area contributed by atoms with E-state index in [9.17, 15) is 18.0 Å². The molecule has 0 bridgehead atoms. The first-order valence-electron chi connectivity index (χ1n) is 10.2. The van der Waals surface area contributed by atoms with Gasteiger partial charge in [-0.05, 0) is 43.7 Å². The molecule has 0 aliphatic carbocycles. The third kappa shape index (κ3) is 3.48. The molecule has 1 amide bonds. The molecule has 2 aliphatic heterocycles. The summed E-state index contributed by atoms with van der Waals surface area (Å²) in [4.78, 5) is 32.9. The summed E-state index contributed by atoms with van der Waals surface area (Å²) in [5.74, 6) is 0.595. The molecule has 10 heteroatoms. The molecular formula is C21H22N4O4S2. The molecule has 0 radical (unpaired) electrons. The van der Waals surface area contributed by atoms with Gasteiger partial charge in [-0.2, -0.15) is 4.31 Å². The largest absolute Gasteiger partial charge is 0.336 e. The number of fused-ring (bicyclic) bond motifs is 2. The van der Waals surface area contributed by atoms with Crippen molar-refractivity contribution in [3.8, 4) is 0 Å². The molecule has 0 atom stereocenters. The number of benzene rings is 1. The molecule has 0 saturated carbocycles. The summed E-state index contributed by atoms with van der Waals surface area (Å²) in [5.41, 5.74) is 0.949. The summed E-state index contributed by atoms with van der Waals surface area (Å²) < 4.78 is 29.1. The average molecular weight is 459 g/mol. The van der Waals surface area contributed by atoms with Gasteiger partial charge in [-0.25, -0.2) is 13.4 Å². The highest BCUT2D eigenvalue weighted by Crippen LogP contribution is 2.25. The lowest BCUT2D eigenvalue weighted by atomic mass is 10.1. The molecule has 31 heavy (non-hydrogen) atoms. The van der Waals surface area contributed by atoms with E-state index in [2.05, 4.69) is 4.98 Å². The fourth-order valence-electron chi connectivity index (χ4n) is 4.21. The smallest absolute Gasteiger partial charge is 0.261 e. The summed E-state index contributed by atoms with van der Waals surface area (Å²) in [7, 11) is -3.53. The van der Waals surface area contributed by atoms with Gasteiger partial charge < -0.3 is 4.90 Å². The Morgan fingerprint density at radius 3 is 2.55 bits per heavy atom. The molecule has 1 fully saturated rings. The first-order valence-corrected chi connectivity index (χ1v) is 12.5. The van der Waals surface area contributed by atoms with E-state index < -0.39 is 10.0 Å². The van der Waals surface area contributed by atoms with E-state index in [0.717, 1.165) is 23.5 Å². The van der Waals surface area contributed by atoms with E-state index in [1.807, 2.05) is 6.92 Å². The Balaban J connectivity index is 1.34. The molecule has 2 aliphatic rings. The second-order valence-corrected chi connectivity index (χ2v) is 11.3. The Bertz CT molecular complexity index is 1350. The van der Waals surface area contributed by atoms with Crippen LogP contribution in [-0.2, 0) is 23.0 Å². The molecular weight excluding hydrogens is 436 g/mol. The highest BCUT2D eigenvalue weighted by molar-refractivity contribution is 7.91. The normalized spacial score (nSPS) is 17.3. The molecule has 5 rings (SSSR count). The first kappa shape index (κ1) is 20.3. The zero-order valence-corrected chi connectivity index (χ0v) is 18.7. The van der Waals surface area contributed by atoms with Crippen LogP contribution in [0.5, 0.6) is 0 Å². The second-order valence-electron chi connectivity index (χ2n) is 7.88. The lowest BCUT2D eigenvalue weighted by Crippen LogP contribution is -2.50. The maximum absolute atomic E-state index is 13.0. The van der Waals surface area contributed by atoms with E-state index >= 15 is 0 Å². The number of piperazine rings is 1. The zero-order chi connectivity index (χ0) is 21.8. The maximum atomic E-state index is 13.0. The molecule has 1 aromatic carbocycles. The van der Waals surface area contributed by atoms with Crippen molar-refractivity contribution < 1.29 is 13.2 Å². The van der Waals surface area contributed by atoms with Crippen LogP contribution in [0.3, 0.4) is 0 Å². The van der Waals surface area contributed by atoms with E-state index in [1.54, 1.807) is 39.8 Å². The summed E-state index contributed by atoms with van der Waals surface area (Å²) in [6, 6.07) is 8.44. The number of carbonyl (C=O) groups excluding carboxylic acids is 1. The Kier molecular flexibility index (Phi) is 4.95. The summed E-state index contributed by atoms with van der Waals surface area (Å²) >= 11 is 1.26. The van der Waals surface area contributed by atoms with Gasteiger partial charge in [0.15, 0.2) is 0 Å². The highest BCUT2D eigenvalue weighted by Gasteiger charge is 2.31. The minimum atomic E-state index is -3.53. The third-order valence-corrected chi connectivity index (χ3v) is 9.27. The second kappa shape index (κ2) is 7.54. The van der Waals surface area contributed by atoms with E-state index in [0.29, 0.717) is 40.3 Å². The Morgan fingerprint density at radius 2 is 1.84 bits per heavy atom. The number of nitrogens with zero attached hydrogens (tertiary/aromatic N) is 4. The Morgan fingerprint density at radius 1 is 1.06 bits per heavy atom. The Labute approximate surface area is 183 Å². The standard InChI is InChI=1S/C21H22N4O4S2/c1-14-4-7-19(30-14)31(28,29)24-11-9-23(10-12-24)20(26)15-5-6-16-17(13-15)22-18-3-2-8-25(18)21(16)27/h4-7,13H,2-3,8-12H2,1H3. The number of aryl methyl sites for hydroxylation is 2. The van der Waals surface area contributed by atoms with Crippen LogP contribution in [0.1, 0.15) is 27.5 Å². The Hall–Kier alpha value is -2.56. The number of aromatic nitrogens is 2. The minimum Gasteiger partial charge on any atom is -0.336 e. The molecule has 0 unspecified atom stereocenters. The van der Waals surface area contributed by atoms with Gasteiger partial charge in [0, 0.05) is 49.6 Å². The molecule has 2 aromatic heterocycles. The highest BCUT2D eigenvalue weighted by atomic mass is 32.2. The topological polar surface area (TPSA) is 92.6 Å². The van der Waals surface area contributed by atoms with E-state index in [1.165, 1.54) is 15.6 Å². The first-order chi connectivity index (χ1) is 14.8. The van der Waals surface area contributed by atoms with Crippen molar-refractivity contribution in [3.05, 3.63) is 57.0 Å². The van der Waals surface area contributed by atoms with Gasteiger partial charge in [-0.15, -0.1) is 11.3 Å². The lowest BCUT2D eigenvalue weighted by Gasteiger charge is -2.33. The van der Waals surface area contributed by atoms with Gasteiger partial charge in [-0.3, -0.25) is 14.2 Å². The SMILES string of the molecule is Cc1ccc(S(=O)(=O)N2CCN(C(=O)c3ccc4c(=O)n5c(nc4c3)CCC5)CC2)s1. The van der Waals surface area contributed by atoms with Crippen molar-refractivity contribution in [3.63, 3.8) is 0 Å². The third-order valence-electron chi connectivity index (χ3n) is 5.90. The molecule has 0 N–H and O–H groups in total. The van der Waals surface area contributed by atoms with Gasteiger partial charge in [-0.1, -0.05) is 0 Å². The average Bonchev–Trinajstić information content (AvgIpc) is 3.42. The molecule has 1 saturated heterocycles. The predicted molar refractivity (Wildman–Crippen MR) is 118 cm³/mol. The van der Waals surface area contributed by atoms with E-state index in [-0.39, 0.29) is 24.6 Å². The van der Waals surface area contributed by atoms with Crippen molar-refractivity contribution in [2.24, 2.45) is 0 Å². The molecule has 3 aromatic rings. The van der Waals surface area contributed by atoms with Crippen molar-refractivity contribution in [1.29, 1.82) is 0 Å². The maximum Gasteiger partial charge on any atom is 0.261 e. The van der Waals surface area contributed by atoms with Crippen molar-refractivity contribution in [2.45, 2.75) is 30.5 Å². The minimum absolute atomic E-state index is 0.0564. The van der Waals surface area contributed by atoms with Crippen molar-refractivity contribution in [1.82, 2.24) is 18.8 Å². The quantitative estimate of drug-likeness (QED) is 0.597. The predicted octanol–water partition coefficient (Wildman–Crippen LogP) is 1.86. The van der Waals surface area contributed by atoms with Crippen LogP contribution < -0.4 is 5.56 Å². The van der Waals surface area contributed by atoms with Crippen LogP contribution in [0, 0.1) is 6.92 Å². The zero-order valence-electron chi connectivity index (χ0n) is 17.1. The van der Waals surface area contributed by atoms with E-state index in [4.69, 9.17) is 0 Å². The van der Waals surface area contributed by atoms with Crippen LogP contribution in [0.2, 0.25) is 0 Å². The van der Waals surface area contributed by atoms with Gasteiger partial charge in [0.2, 0.25) is 0 Å². The summed E-state index contributed by atoms with van der Waals surface area (Å²) in [5, 5.41) is 0.518. The fraction of sp³-hybridized carbons (Fsp3) is 0.381.